The summed E-state index contributed by atoms with van der Waals surface area (Å²) in [6.45, 7) is 0. The number of aromatic hydroxyl groups is 1. The van der Waals surface area contributed by atoms with Crippen molar-refractivity contribution in [2.45, 2.75) is 12.8 Å². The number of hydrogen-bond acceptors (Lipinski definition) is 3. The lowest BCUT2D eigenvalue weighted by molar-refractivity contribution is -0.121. The standard InChI is InChI=1S/C16H15BrN2O3/c17-13-8-5-12(6-9-13)16(22)19-18-15(21)10-7-11-3-1-2-4-14(11)20/h1-6,8-9,20H,7,10H2,(H,18,21)(H,19,22). The first-order valence-corrected chi connectivity index (χ1v) is 7.47. The predicted molar refractivity (Wildman–Crippen MR) is 86.2 cm³/mol. The molecule has 0 unspecified atom stereocenters. The molecule has 2 rings (SSSR count). The number of phenolic OH excluding ortho intramolecular Hbond substituents is 1. The number of rotatable bonds is 4. The summed E-state index contributed by atoms with van der Waals surface area (Å²) in [7, 11) is 0. The van der Waals surface area contributed by atoms with Gasteiger partial charge in [0.05, 0.1) is 0 Å². The van der Waals surface area contributed by atoms with E-state index in [0.717, 1.165) is 4.47 Å². The maximum atomic E-state index is 11.8. The minimum absolute atomic E-state index is 0.161. The van der Waals surface area contributed by atoms with E-state index >= 15 is 0 Å². The van der Waals surface area contributed by atoms with Crippen LogP contribution in [0.5, 0.6) is 5.75 Å². The van der Waals surface area contributed by atoms with E-state index in [1.54, 1.807) is 48.5 Å². The van der Waals surface area contributed by atoms with Crippen LogP contribution in [0, 0.1) is 0 Å². The molecule has 0 saturated carbocycles. The Morgan fingerprint density at radius 2 is 1.68 bits per heavy atom. The average molecular weight is 363 g/mol. The van der Waals surface area contributed by atoms with Crippen LogP contribution >= 0.6 is 15.9 Å². The van der Waals surface area contributed by atoms with Gasteiger partial charge in [-0.15, -0.1) is 0 Å². The molecule has 0 fully saturated rings. The zero-order valence-electron chi connectivity index (χ0n) is 11.7. The molecule has 0 bridgehead atoms. The van der Waals surface area contributed by atoms with Crippen LogP contribution in [0.4, 0.5) is 0 Å². The lowest BCUT2D eigenvalue weighted by atomic mass is 10.1. The molecule has 2 amide bonds. The molecule has 0 aliphatic rings. The van der Waals surface area contributed by atoms with Crippen molar-refractivity contribution in [2.24, 2.45) is 0 Å². The maximum absolute atomic E-state index is 11.8. The highest BCUT2D eigenvalue weighted by atomic mass is 79.9. The van der Waals surface area contributed by atoms with Gasteiger partial charge in [-0.3, -0.25) is 20.4 Å². The van der Waals surface area contributed by atoms with E-state index in [1.807, 2.05) is 0 Å². The summed E-state index contributed by atoms with van der Waals surface area (Å²) in [6.07, 6.45) is 0.560. The third kappa shape index (κ3) is 4.60. The number of halogens is 1. The Labute approximate surface area is 136 Å². The molecule has 0 heterocycles. The molecular weight excluding hydrogens is 348 g/mol. The number of carbonyl (C=O) groups is 2. The summed E-state index contributed by atoms with van der Waals surface area (Å²) in [6, 6.07) is 13.6. The van der Waals surface area contributed by atoms with Crippen molar-refractivity contribution in [3.8, 4) is 5.75 Å². The molecule has 3 N–H and O–H groups in total. The maximum Gasteiger partial charge on any atom is 0.269 e. The third-order valence-electron chi connectivity index (χ3n) is 3.03. The van der Waals surface area contributed by atoms with Crippen LogP contribution in [0.2, 0.25) is 0 Å². The molecule has 0 aliphatic heterocycles. The molecule has 6 heteroatoms. The fraction of sp³-hybridized carbons (Fsp3) is 0.125. The molecule has 114 valence electrons. The highest BCUT2D eigenvalue weighted by molar-refractivity contribution is 9.10. The zero-order valence-corrected chi connectivity index (χ0v) is 13.3. The van der Waals surface area contributed by atoms with Crippen LogP contribution in [-0.4, -0.2) is 16.9 Å². The minimum Gasteiger partial charge on any atom is -0.508 e. The van der Waals surface area contributed by atoms with Crippen molar-refractivity contribution >= 4 is 27.7 Å². The monoisotopic (exact) mass is 362 g/mol. The molecular formula is C16H15BrN2O3. The molecule has 5 nitrogen and oxygen atoms in total. The topological polar surface area (TPSA) is 78.4 Å². The van der Waals surface area contributed by atoms with Gasteiger partial charge in [-0.2, -0.15) is 0 Å². The van der Waals surface area contributed by atoms with Gasteiger partial charge in [0, 0.05) is 16.5 Å². The van der Waals surface area contributed by atoms with Gasteiger partial charge in [-0.05, 0) is 42.3 Å². The molecule has 0 aliphatic carbocycles. The smallest absolute Gasteiger partial charge is 0.269 e. The second kappa shape index (κ2) is 7.61. The summed E-state index contributed by atoms with van der Waals surface area (Å²) in [4.78, 5) is 23.5. The Kier molecular flexibility index (Phi) is 5.55. The summed E-state index contributed by atoms with van der Waals surface area (Å²) in [5.41, 5.74) is 5.85. The van der Waals surface area contributed by atoms with Crippen molar-refractivity contribution in [3.05, 3.63) is 64.1 Å². The zero-order chi connectivity index (χ0) is 15.9. The highest BCUT2D eigenvalue weighted by Gasteiger charge is 2.08. The number of benzene rings is 2. The summed E-state index contributed by atoms with van der Waals surface area (Å²) >= 11 is 3.28. The second-order valence-corrected chi connectivity index (χ2v) is 5.55. The van der Waals surface area contributed by atoms with Crippen LogP contribution in [0.15, 0.2) is 53.0 Å². The van der Waals surface area contributed by atoms with Crippen LogP contribution in [0.25, 0.3) is 0 Å². The summed E-state index contributed by atoms with van der Waals surface area (Å²) in [5, 5.41) is 9.61. The van der Waals surface area contributed by atoms with Gasteiger partial charge >= 0.3 is 0 Å². The number of nitrogens with one attached hydrogen (secondary N) is 2. The van der Waals surface area contributed by atoms with Gasteiger partial charge in [0.2, 0.25) is 5.91 Å². The molecule has 2 aromatic rings. The van der Waals surface area contributed by atoms with Crippen LogP contribution in [0.3, 0.4) is 0 Å². The third-order valence-corrected chi connectivity index (χ3v) is 3.56. The summed E-state index contributed by atoms with van der Waals surface area (Å²) in [5.74, 6) is -0.550. The van der Waals surface area contributed by atoms with E-state index in [-0.39, 0.29) is 24.0 Å². The van der Waals surface area contributed by atoms with Crippen LogP contribution in [-0.2, 0) is 11.2 Å². The largest absolute Gasteiger partial charge is 0.508 e. The van der Waals surface area contributed by atoms with Crippen molar-refractivity contribution < 1.29 is 14.7 Å². The van der Waals surface area contributed by atoms with Gasteiger partial charge in [0.25, 0.3) is 5.91 Å². The number of hydrazine groups is 1. The van der Waals surface area contributed by atoms with E-state index in [9.17, 15) is 14.7 Å². The van der Waals surface area contributed by atoms with E-state index in [0.29, 0.717) is 17.5 Å². The molecule has 0 aromatic heterocycles. The number of para-hydroxylation sites is 1. The van der Waals surface area contributed by atoms with Gasteiger partial charge in [0.15, 0.2) is 0 Å². The molecule has 0 radical (unpaired) electrons. The normalized spacial score (nSPS) is 10.0. The first-order chi connectivity index (χ1) is 10.6. The Balaban J connectivity index is 1.79. The number of amides is 2. The minimum atomic E-state index is -0.386. The fourth-order valence-electron chi connectivity index (χ4n) is 1.83. The SMILES string of the molecule is O=C(CCc1ccccc1O)NNC(=O)c1ccc(Br)cc1. The number of phenols is 1. The lowest BCUT2D eigenvalue weighted by Crippen LogP contribution is -2.41. The number of hydrogen-bond donors (Lipinski definition) is 3. The van der Waals surface area contributed by atoms with Gasteiger partial charge in [-0.25, -0.2) is 0 Å². The predicted octanol–water partition coefficient (Wildman–Crippen LogP) is 2.55. The van der Waals surface area contributed by atoms with Gasteiger partial charge in [0.1, 0.15) is 5.75 Å². The van der Waals surface area contributed by atoms with E-state index < -0.39 is 0 Å². The average Bonchev–Trinajstić information content (AvgIpc) is 2.52. The Bertz CT molecular complexity index is 671. The fourth-order valence-corrected chi connectivity index (χ4v) is 2.10. The highest BCUT2D eigenvalue weighted by Crippen LogP contribution is 2.17. The number of carbonyl (C=O) groups excluding carboxylic acids is 2. The molecule has 0 spiro atoms. The molecule has 0 atom stereocenters. The van der Waals surface area contributed by atoms with Gasteiger partial charge < -0.3 is 5.11 Å². The first-order valence-electron chi connectivity index (χ1n) is 6.68. The molecule has 2 aromatic carbocycles. The lowest BCUT2D eigenvalue weighted by Gasteiger charge is -2.08. The molecule has 0 saturated heterocycles. The van der Waals surface area contributed by atoms with Crippen LogP contribution in [0.1, 0.15) is 22.3 Å². The molecule has 22 heavy (non-hydrogen) atoms. The number of aryl methyl sites for hydroxylation is 1. The Hall–Kier alpha value is -2.34. The van der Waals surface area contributed by atoms with Crippen molar-refractivity contribution in [1.29, 1.82) is 0 Å². The van der Waals surface area contributed by atoms with Crippen molar-refractivity contribution in [1.82, 2.24) is 10.9 Å². The Morgan fingerprint density at radius 1 is 1.00 bits per heavy atom. The van der Waals surface area contributed by atoms with Crippen molar-refractivity contribution in [2.75, 3.05) is 0 Å². The quantitative estimate of drug-likeness (QED) is 0.731. The van der Waals surface area contributed by atoms with E-state index in [4.69, 9.17) is 0 Å². The van der Waals surface area contributed by atoms with Crippen LogP contribution < -0.4 is 10.9 Å². The van der Waals surface area contributed by atoms with Crippen molar-refractivity contribution in [3.63, 3.8) is 0 Å². The first kappa shape index (κ1) is 16.0. The second-order valence-electron chi connectivity index (χ2n) is 4.64. The van der Waals surface area contributed by atoms with E-state index in [2.05, 4.69) is 26.8 Å². The van der Waals surface area contributed by atoms with Gasteiger partial charge in [-0.1, -0.05) is 34.1 Å². The Morgan fingerprint density at radius 3 is 2.36 bits per heavy atom. The summed E-state index contributed by atoms with van der Waals surface area (Å²) < 4.78 is 0.871. The van der Waals surface area contributed by atoms with E-state index in [1.165, 1.54) is 0 Å².